The lowest BCUT2D eigenvalue weighted by molar-refractivity contribution is 0.219. The molecular formula is C16H14N2O2S2. The minimum Gasteiger partial charge on any atom is -0.493 e. The quantitative estimate of drug-likeness (QED) is 0.849. The first kappa shape index (κ1) is 13.9. The number of aromatic nitrogens is 1. The van der Waals surface area contributed by atoms with Crippen LogP contribution in [0.1, 0.15) is 22.8 Å². The molecule has 0 fully saturated rings. The summed E-state index contributed by atoms with van der Waals surface area (Å²) in [5.74, 6) is 2.55. The Kier molecular flexibility index (Phi) is 3.47. The number of thiazole rings is 1. The predicted octanol–water partition coefficient (Wildman–Crippen LogP) is 3.07. The van der Waals surface area contributed by atoms with Gasteiger partial charge >= 0.3 is 4.87 Å². The number of ether oxygens (including phenoxy) is 1. The van der Waals surface area contributed by atoms with Crippen molar-refractivity contribution in [1.82, 2.24) is 4.57 Å². The van der Waals surface area contributed by atoms with Crippen molar-refractivity contribution in [3.05, 3.63) is 44.4 Å². The third-order valence-corrected chi connectivity index (χ3v) is 6.72. The first-order chi connectivity index (χ1) is 10.8. The van der Waals surface area contributed by atoms with E-state index in [2.05, 4.69) is 12.1 Å². The fraction of sp³-hybridized carbons (Fsp3) is 0.375. The van der Waals surface area contributed by atoms with E-state index in [9.17, 15) is 4.79 Å². The molecule has 0 saturated heterocycles. The van der Waals surface area contributed by atoms with E-state index in [1.807, 2.05) is 18.2 Å². The molecule has 0 radical (unpaired) electrons. The van der Waals surface area contributed by atoms with Gasteiger partial charge in [0.1, 0.15) is 5.75 Å². The Morgan fingerprint density at radius 1 is 1.41 bits per heavy atom. The van der Waals surface area contributed by atoms with Gasteiger partial charge in [-0.2, -0.15) is 5.26 Å². The Morgan fingerprint density at radius 2 is 2.27 bits per heavy atom. The minimum absolute atomic E-state index is 0.0531. The molecule has 3 heterocycles. The van der Waals surface area contributed by atoms with Gasteiger partial charge in [0.15, 0.2) is 0 Å². The van der Waals surface area contributed by atoms with Crippen molar-refractivity contribution in [3.63, 3.8) is 0 Å². The summed E-state index contributed by atoms with van der Waals surface area (Å²) in [5.41, 5.74) is 1.19. The van der Waals surface area contributed by atoms with E-state index >= 15 is 0 Å². The highest BCUT2D eigenvalue weighted by molar-refractivity contribution is 7.99. The first-order valence-electron chi connectivity index (χ1n) is 7.24. The second-order valence-electron chi connectivity index (χ2n) is 5.49. The maximum Gasteiger partial charge on any atom is 0.308 e. The molecular weight excluding hydrogens is 316 g/mol. The van der Waals surface area contributed by atoms with E-state index in [0.29, 0.717) is 25.5 Å². The monoisotopic (exact) mass is 330 g/mol. The molecule has 0 N–H and O–H groups in total. The number of fused-ring (bicyclic) bond motifs is 5. The zero-order valence-corrected chi connectivity index (χ0v) is 13.5. The Bertz CT molecular complexity index is 818. The van der Waals surface area contributed by atoms with Crippen LogP contribution in [0.2, 0.25) is 0 Å². The molecule has 112 valence electrons. The van der Waals surface area contributed by atoms with Crippen molar-refractivity contribution >= 4 is 23.1 Å². The van der Waals surface area contributed by atoms with Crippen LogP contribution in [0.25, 0.3) is 0 Å². The van der Waals surface area contributed by atoms with Crippen molar-refractivity contribution in [2.24, 2.45) is 5.92 Å². The van der Waals surface area contributed by atoms with Gasteiger partial charge in [-0.25, -0.2) is 0 Å². The molecule has 0 amide bonds. The van der Waals surface area contributed by atoms with Crippen LogP contribution in [-0.4, -0.2) is 16.9 Å². The fourth-order valence-electron chi connectivity index (χ4n) is 3.21. The van der Waals surface area contributed by atoms with Crippen LogP contribution in [0.5, 0.6) is 5.75 Å². The summed E-state index contributed by atoms with van der Waals surface area (Å²) >= 11 is 3.07. The average molecular weight is 330 g/mol. The summed E-state index contributed by atoms with van der Waals surface area (Å²) in [6, 6.07) is 10.3. The molecule has 0 unspecified atom stereocenters. The molecule has 2 aliphatic rings. The lowest BCUT2D eigenvalue weighted by Crippen LogP contribution is -2.31. The molecule has 0 bridgehead atoms. The maximum absolute atomic E-state index is 12.3. The third-order valence-electron chi connectivity index (χ3n) is 4.22. The molecule has 6 heteroatoms. The second kappa shape index (κ2) is 5.49. The van der Waals surface area contributed by atoms with Crippen molar-refractivity contribution in [2.75, 3.05) is 12.4 Å². The Hall–Kier alpha value is -1.71. The standard InChI is InChI=1S/C16H14N2O2S2/c17-6-3-7-18-15-14(22-16(18)19)13-10(9-21-15)8-20-12-5-2-1-4-11(12)13/h1-2,4-5,10,13H,3,7-9H2/t10-,13+/m0/s1. The molecule has 1 aromatic heterocycles. The smallest absolute Gasteiger partial charge is 0.308 e. The van der Waals surface area contributed by atoms with Crippen LogP contribution in [-0.2, 0) is 6.54 Å². The lowest BCUT2D eigenvalue weighted by atomic mass is 9.84. The van der Waals surface area contributed by atoms with E-state index in [0.717, 1.165) is 21.4 Å². The van der Waals surface area contributed by atoms with Gasteiger partial charge in [-0.05, 0) is 6.07 Å². The molecule has 4 nitrogen and oxygen atoms in total. The van der Waals surface area contributed by atoms with Gasteiger partial charge in [0, 0.05) is 34.6 Å². The molecule has 0 saturated carbocycles. The van der Waals surface area contributed by atoms with Crippen molar-refractivity contribution < 1.29 is 4.74 Å². The van der Waals surface area contributed by atoms with Gasteiger partial charge in [-0.15, -0.1) is 11.8 Å². The highest BCUT2D eigenvalue weighted by Crippen LogP contribution is 2.50. The third kappa shape index (κ3) is 2.08. The van der Waals surface area contributed by atoms with Crippen LogP contribution in [0.4, 0.5) is 0 Å². The number of thioether (sulfide) groups is 1. The van der Waals surface area contributed by atoms with Crippen LogP contribution in [0.15, 0.2) is 34.1 Å². The number of hydrogen-bond acceptors (Lipinski definition) is 5. The molecule has 0 spiro atoms. The predicted molar refractivity (Wildman–Crippen MR) is 86.8 cm³/mol. The topological polar surface area (TPSA) is 55.0 Å². The average Bonchev–Trinajstić information content (AvgIpc) is 2.88. The highest BCUT2D eigenvalue weighted by Gasteiger charge is 2.39. The van der Waals surface area contributed by atoms with Gasteiger partial charge < -0.3 is 4.74 Å². The molecule has 22 heavy (non-hydrogen) atoms. The zero-order valence-electron chi connectivity index (χ0n) is 11.8. The molecule has 2 atom stereocenters. The minimum atomic E-state index is 0.0531. The Morgan fingerprint density at radius 3 is 3.14 bits per heavy atom. The van der Waals surface area contributed by atoms with Crippen LogP contribution in [0.3, 0.4) is 0 Å². The summed E-state index contributed by atoms with van der Waals surface area (Å²) in [7, 11) is 0. The van der Waals surface area contributed by atoms with Gasteiger partial charge in [-0.1, -0.05) is 29.5 Å². The molecule has 2 aliphatic heterocycles. The zero-order chi connectivity index (χ0) is 15.1. The van der Waals surface area contributed by atoms with E-state index in [-0.39, 0.29) is 10.8 Å². The van der Waals surface area contributed by atoms with Crippen LogP contribution in [0, 0.1) is 17.2 Å². The largest absolute Gasteiger partial charge is 0.493 e. The Balaban J connectivity index is 1.84. The van der Waals surface area contributed by atoms with E-state index in [1.165, 1.54) is 16.9 Å². The Labute approximate surface area is 136 Å². The molecule has 4 rings (SSSR count). The molecule has 0 aliphatic carbocycles. The fourth-order valence-corrected chi connectivity index (χ4v) is 5.95. The van der Waals surface area contributed by atoms with Crippen molar-refractivity contribution in [1.29, 1.82) is 5.26 Å². The number of nitriles is 1. The summed E-state index contributed by atoms with van der Waals surface area (Å²) in [6.45, 7) is 1.20. The van der Waals surface area contributed by atoms with Crippen molar-refractivity contribution in [3.8, 4) is 11.8 Å². The van der Waals surface area contributed by atoms with Gasteiger partial charge in [0.2, 0.25) is 0 Å². The van der Waals surface area contributed by atoms with Crippen molar-refractivity contribution in [2.45, 2.75) is 23.9 Å². The summed E-state index contributed by atoms with van der Waals surface area (Å²) in [5, 5.41) is 9.85. The van der Waals surface area contributed by atoms with Gasteiger partial charge in [0.25, 0.3) is 0 Å². The summed E-state index contributed by atoms with van der Waals surface area (Å²) in [6.07, 6.45) is 0.372. The van der Waals surface area contributed by atoms with Crippen LogP contribution >= 0.6 is 23.1 Å². The van der Waals surface area contributed by atoms with E-state index < -0.39 is 0 Å². The van der Waals surface area contributed by atoms with Crippen LogP contribution < -0.4 is 9.61 Å². The van der Waals surface area contributed by atoms with E-state index in [1.54, 1.807) is 16.3 Å². The normalized spacial score (nSPS) is 22.0. The lowest BCUT2D eigenvalue weighted by Gasteiger charge is -2.36. The maximum atomic E-state index is 12.3. The SMILES string of the molecule is N#CCCn1c2c(sc1=O)[C@H]1c3ccccc3OC[C@H]1CS2. The summed E-state index contributed by atoms with van der Waals surface area (Å²) in [4.78, 5) is 13.5. The number of nitrogens with zero attached hydrogens (tertiary/aromatic N) is 2. The summed E-state index contributed by atoms with van der Waals surface area (Å²) < 4.78 is 7.65. The van der Waals surface area contributed by atoms with Gasteiger partial charge in [0.05, 0.1) is 24.1 Å². The first-order valence-corrected chi connectivity index (χ1v) is 9.05. The number of rotatable bonds is 2. The molecule has 2 aromatic rings. The highest BCUT2D eigenvalue weighted by atomic mass is 32.2. The number of hydrogen-bond donors (Lipinski definition) is 0. The second-order valence-corrected chi connectivity index (χ2v) is 7.50. The van der Waals surface area contributed by atoms with E-state index in [4.69, 9.17) is 10.00 Å². The number of benzene rings is 1. The number of para-hydroxylation sites is 1. The van der Waals surface area contributed by atoms with Gasteiger partial charge in [-0.3, -0.25) is 9.36 Å². The molecule has 1 aromatic carbocycles.